The van der Waals surface area contributed by atoms with Gasteiger partial charge in [0.15, 0.2) is 0 Å². The minimum absolute atomic E-state index is 0.133. The van der Waals surface area contributed by atoms with Crippen LogP contribution in [0.1, 0.15) is 32.1 Å². The molecule has 17 heavy (non-hydrogen) atoms. The third-order valence-electron chi connectivity index (χ3n) is 4.61. The monoisotopic (exact) mass is 250 g/mol. The maximum atomic E-state index is 12.2. The summed E-state index contributed by atoms with van der Waals surface area (Å²) in [4.78, 5) is 0. The first-order valence-electron chi connectivity index (χ1n) is 6.26. The van der Waals surface area contributed by atoms with Crippen molar-refractivity contribution in [2.45, 2.75) is 50.0 Å². The summed E-state index contributed by atoms with van der Waals surface area (Å²) >= 11 is 0. The van der Waals surface area contributed by atoms with Gasteiger partial charge in [0.05, 0.1) is 11.7 Å². The summed E-state index contributed by atoms with van der Waals surface area (Å²) < 4.78 is 41.6. The predicted octanol–water partition coefficient (Wildman–Crippen LogP) is 2.50. The molecule has 0 aliphatic heterocycles. The summed E-state index contributed by atoms with van der Waals surface area (Å²) in [5.74, 6) is 1.14. The molecule has 4 saturated carbocycles. The minimum atomic E-state index is -4.30. The molecule has 0 heterocycles. The molecule has 0 spiro atoms. The molecule has 4 rings (SSSR count). The highest BCUT2D eigenvalue weighted by atomic mass is 19.4. The molecule has 0 radical (unpaired) electrons. The van der Waals surface area contributed by atoms with E-state index in [2.05, 4.69) is 0 Å². The number of ether oxygens (including phenoxy) is 1. The first-order valence-corrected chi connectivity index (χ1v) is 6.26. The molecule has 5 heteroatoms. The summed E-state index contributed by atoms with van der Waals surface area (Å²) in [6.45, 7) is -1.23. The molecular formula is C12H17F3O2. The molecule has 3 atom stereocenters. The average molecular weight is 250 g/mol. The summed E-state index contributed by atoms with van der Waals surface area (Å²) in [5.41, 5.74) is -0.986. The molecule has 4 aliphatic carbocycles. The third kappa shape index (κ3) is 2.08. The van der Waals surface area contributed by atoms with E-state index in [1.54, 1.807) is 0 Å². The van der Waals surface area contributed by atoms with Crippen LogP contribution in [0.3, 0.4) is 0 Å². The zero-order valence-corrected chi connectivity index (χ0v) is 9.54. The van der Waals surface area contributed by atoms with E-state index < -0.39 is 24.5 Å². The molecule has 4 bridgehead atoms. The smallest absolute Gasteiger partial charge is 0.387 e. The Morgan fingerprint density at radius 3 is 2.18 bits per heavy atom. The topological polar surface area (TPSA) is 29.5 Å². The van der Waals surface area contributed by atoms with E-state index in [1.165, 1.54) is 0 Å². The lowest BCUT2D eigenvalue weighted by Crippen LogP contribution is -2.61. The molecule has 0 amide bonds. The number of rotatable bonds is 2. The van der Waals surface area contributed by atoms with Crippen LogP contribution in [-0.2, 0) is 4.74 Å². The predicted molar refractivity (Wildman–Crippen MR) is 54.3 cm³/mol. The molecule has 0 aromatic rings. The van der Waals surface area contributed by atoms with Gasteiger partial charge >= 0.3 is 6.18 Å². The van der Waals surface area contributed by atoms with Crippen molar-refractivity contribution in [3.8, 4) is 0 Å². The highest BCUT2D eigenvalue weighted by Gasteiger charge is 2.57. The van der Waals surface area contributed by atoms with Gasteiger partial charge in [-0.25, -0.2) is 0 Å². The Bertz CT molecular complexity index is 301. The van der Waals surface area contributed by atoms with Crippen molar-refractivity contribution in [3.63, 3.8) is 0 Å². The minimum Gasteiger partial charge on any atom is -0.387 e. The molecule has 4 aliphatic rings. The summed E-state index contributed by atoms with van der Waals surface area (Å²) in [6.07, 6.45) is -0.638. The lowest BCUT2D eigenvalue weighted by Gasteiger charge is -2.58. The maximum Gasteiger partial charge on any atom is 0.411 e. The van der Waals surface area contributed by atoms with Gasteiger partial charge in [0, 0.05) is 0 Å². The van der Waals surface area contributed by atoms with Crippen LogP contribution in [0.4, 0.5) is 13.2 Å². The van der Waals surface area contributed by atoms with Gasteiger partial charge in [-0.3, -0.25) is 0 Å². The Balaban J connectivity index is 1.72. The Hall–Kier alpha value is -0.290. The van der Waals surface area contributed by atoms with Crippen LogP contribution in [0.5, 0.6) is 0 Å². The zero-order valence-electron chi connectivity index (χ0n) is 9.54. The fourth-order valence-corrected chi connectivity index (χ4v) is 4.43. The van der Waals surface area contributed by atoms with Gasteiger partial charge in [0.2, 0.25) is 0 Å². The van der Waals surface area contributed by atoms with E-state index in [9.17, 15) is 18.3 Å². The number of hydrogen-bond acceptors (Lipinski definition) is 2. The van der Waals surface area contributed by atoms with Crippen molar-refractivity contribution in [3.05, 3.63) is 0 Å². The molecule has 1 N–H and O–H groups in total. The van der Waals surface area contributed by atoms with Gasteiger partial charge in [-0.05, 0) is 49.9 Å². The van der Waals surface area contributed by atoms with Crippen LogP contribution in [0.2, 0.25) is 0 Å². The number of alkyl halides is 3. The van der Waals surface area contributed by atoms with Crippen LogP contribution in [0.15, 0.2) is 0 Å². The normalized spacial score (nSPS) is 48.7. The van der Waals surface area contributed by atoms with Gasteiger partial charge in [-0.2, -0.15) is 13.2 Å². The quantitative estimate of drug-likeness (QED) is 0.816. The van der Waals surface area contributed by atoms with Gasteiger partial charge < -0.3 is 9.84 Å². The van der Waals surface area contributed by atoms with E-state index in [1.807, 2.05) is 0 Å². The van der Waals surface area contributed by atoms with E-state index in [0.29, 0.717) is 24.7 Å². The standard InChI is InChI=1S/C12H17F3O2/c13-12(14,15)6-17-10-9-2-7-1-8(3-9)5-11(10,16)4-7/h7-10,16H,1-6H2. The van der Waals surface area contributed by atoms with Crippen molar-refractivity contribution in [1.82, 2.24) is 0 Å². The molecule has 4 fully saturated rings. The molecule has 3 unspecified atom stereocenters. The van der Waals surface area contributed by atoms with E-state index in [-0.39, 0.29) is 5.92 Å². The molecule has 0 aromatic carbocycles. The average Bonchev–Trinajstić information content (AvgIpc) is 2.11. The van der Waals surface area contributed by atoms with Gasteiger partial charge in [0.1, 0.15) is 6.61 Å². The Kier molecular flexibility index (Phi) is 2.50. The Morgan fingerprint density at radius 1 is 1.12 bits per heavy atom. The number of halogens is 3. The molecular weight excluding hydrogens is 233 g/mol. The second kappa shape index (κ2) is 3.60. The van der Waals surface area contributed by atoms with Crippen molar-refractivity contribution in [2.75, 3.05) is 6.61 Å². The number of hydrogen-bond donors (Lipinski definition) is 1. The van der Waals surface area contributed by atoms with Crippen LogP contribution in [0.25, 0.3) is 0 Å². The van der Waals surface area contributed by atoms with Crippen LogP contribution >= 0.6 is 0 Å². The van der Waals surface area contributed by atoms with Gasteiger partial charge in [-0.1, -0.05) is 0 Å². The van der Waals surface area contributed by atoms with Crippen LogP contribution in [-0.4, -0.2) is 29.6 Å². The van der Waals surface area contributed by atoms with Crippen molar-refractivity contribution >= 4 is 0 Å². The van der Waals surface area contributed by atoms with Gasteiger partial charge in [-0.15, -0.1) is 0 Å². The highest BCUT2D eigenvalue weighted by molar-refractivity contribution is 5.08. The van der Waals surface area contributed by atoms with Crippen molar-refractivity contribution < 1.29 is 23.0 Å². The zero-order chi connectivity index (χ0) is 12.3. The van der Waals surface area contributed by atoms with Crippen molar-refractivity contribution in [1.29, 1.82) is 0 Å². The summed E-state index contributed by atoms with van der Waals surface area (Å²) in [7, 11) is 0. The fraction of sp³-hybridized carbons (Fsp3) is 1.00. The Morgan fingerprint density at radius 2 is 1.71 bits per heavy atom. The second-order valence-corrected chi connectivity index (χ2v) is 6.06. The van der Waals surface area contributed by atoms with Crippen molar-refractivity contribution in [2.24, 2.45) is 17.8 Å². The second-order valence-electron chi connectivity index (χ2n) is 6.06. The SMILES string of the molecule is OC12CC3CC(CC(C3)C1OCC(F)(F)F)C2. The van der Waals surface area contributed by atoms with Crippen LogP contribution < -0.4 is 0 Å². The maximum absolute atomic E-state index is 12.2. The van der Waals surface area contributed by atoms with E-state index in [4.69, 9.17) is 4.74 Å². The van der Waals surface area contributed by atoms with E-state index in [0.717, 1.165) is 19.3 Å². The Labute approximate surface area is 98.1 Å². The first kappa shape index (κ1) is 11.8. The first-order chi connectivity index (χ1) is 7.86. The molecule has 0 saturated heterocycles. The molecule has 2 nitrogen and oxygen atoms in total. The molecule has 0 aromatic heterocycles. The van der Waals surface area contributed by atoms with Crippen LogP contribution in [0, 0.1) is 17.8 Å². The highest BCUT2D eigenvalue weighted by Crippen LogP contribution is 2.56. The van der Waals surface area contributed by atoms with E-state index >= 15 is 0 Å². The number of aliphatic hydroxyl groups is 1. The lowest BCUT2D eigenvalue weighted by atomic mass is 9.53. The molecule has 98 valence electrons. The summed E-state index contributed by atoms with van der Waals surface area (Å²) in [6, 6.07) is 0. The van der Waals surface area contributed by atoms with Gasteiger partial charge in [0.25, 0.3) is 0 Å². The third-order valence-corrected chi connectivity index (χ3v) is 4.61. The lowest BCUT2D eigenvalue weighted by molar-refractivity contribution is -0.258. The summed E-state index contributed by atoms with van der Waals surface area (Å²) in [5, 5.41) is 10.5. The fourth-order valence-electron chi connectivity index (χ4n) is 4.43. The largest absolute Gasteiger partial charge is 0.411 e.